The number of ether oxygens (including phenoxy) is 1. The third kappa shape index (κ3) is 4.46. The molecule has 122 valence electrons. The van der Waals surface area contributed by atoms with E-state index in [0.717, 1.165) is 11.1 Å². The van der Waals surface area contributed by atoms with Crippen LogP contribution in [0.25, 0.3) is 0 Å². The molecular formula is C16H16NO5S-. The van der Waals surface area contributed by atoms with Crippen molar-refractivity contribution >= 4 is 21.7 Å². The van der Waals surface area contributed by atoms with Crippen molar-refractivity contribution in [2.75, 3.05) is 11.3 Å². The van der Waals surface area contributed by atoms with Crippen LogP contribution in [0.15, 0.2) is 47.4 Å². The van der Waals surface area contributed by atoms with E-state index in [4.69, 9.17) is 4.74 Å². The molecule has 0 heterocycles. The van der Waals surface area contributed by atoms with Crippen LogP contribution in [0.5, 0.6) is 5.75 Å². The summed E-state index contributed by atoms with van der Waals surface area (Å²) in [7, 11) is -3.73. The van der Waals surface area contributed by atoms with E-state index >= 15 is 0 Å². The highest BCUT2D eigenvalue weighted by atomic mass is 32.2. The van der Waals surface area contributed by atoms with E-state index in [-0.39, 0.29) is 10.6 Å². The number of carboxylic acids is 1. The Balaban J connectivity index is 2.19. The van der Waals surface area contributed by atoms with Gasteiger partial charge in [0.2, 0.25) is 0 Å². The van der Waals surface area contributed by atoms with Crippen molar-refractivity contribution in [3.8, 4) is 5.75 Å². The molecule has 0 spiro atoms. The van der Waals surface area contributed by atoms with Crippen LogP contribution in [-0.4, -0.2) is 21.0 Å². The minimum atomic E-state index is -3.73. The summed E-state index contributed by atoms with van der Waals surface area (Å²) in [5, 5.41) is 10.3. The SMILES string of the molecule is Cc1ccc(C)c(NS(=O)(=O)c2ccc(OCC(=O)[O-])cc2)c1. The van der Waals surface area contributed by atoms with Gasteiger partial charge in [0.15, 0.2) is 0 Å². The van der Waals surface area contributed by atoms with Gasteiger partial charge in [0.25, 0.3) is 10.0 Å². The average Bonchev–Trinajstić information content (AvgIpc) is 2.49. The van der Waals surface area contributed by atoms with Gasteiger partial charge in [0.05, 0.1) is 16.6 Å². The lowest BCUT2D eigenvalue weighted by Gasteiger charge is -2.12. The van der Waals surface area contributed by atoms with Gasteiger partial charge in [-0.25, -0.2) is 8.42 Å². The van der Waals surface area contributed by atoms with Crippen molar-refractivity contribution in [2.45, 2.75) is 18.7 Å². The highest BCUT2D eigenvalue weighted by molar-refractivity contribution is 7.92. The Morgan fingerprint density at radius 2 is 1.78 bits per heavy atom. The maximum Gasteiger partial charge on any atom is 0.261 e. The van der Waals surface area contributed by atoms with Crippen LogP contribution in [0, 0.1) is 13.8 Å². The highest BCUT2D eigenvalue weighted by Crippen LogP contribution is 2.22. The molecular weight excluding hydrogens is 318 g/mol. The molecule has 0 aliphatic rings. The minimum Gasteiger partial charge on any atom is -0.546 e. The fraction of sp³-hybridized carbons (Fsp3) is 0.188. The Bertz CT molecular complexity index is 813. The van der Waals surface area contributed by atoms with Crippen molar-refractivity contribution in [1.82, 2.24) is 0 Å². The van der Waals surface area contributed by atoms with E-state index in [2.05, 4.69) is 4.72 Å². The zero-order chi connectivity index (χ0) is 17.0. The molecule has 1 N–H and O–H groups in total. The molecule has 0 aliphatic heterocycles. The lowest BCUT2D eigenvalue weighted by atomic mass is 10.1. The Hall–Kier alpha value is -2.54. The second-order valence-electron chi connectivity index (χ2n) is 5.06. The van der Waals surface area contributed by atoms with Crippen LogP contribution in [0.1, 0.15) is 11.1 Å². The number of carbonyl (C=O) groups is 1. The third-order valence-corrected chi connectivity index (χ3v) is 4.51. The summed E-state index contributed by atoms with van der Waals surface area (Å²) >= 11 is 0. The summed E-state index contributed by atoms with van der Waals surface area (Å²) in [5.41, 5.74) is 2.27. The molecule has 0 amide bonds. The molecule has 0 saturated carbocycles. The molecule has 2 aromatic carbocycles. The Morgan fingerprint density at radius 1 is 1.13 bits per heavy atom. The molecule has 6 nitrogen and oxygen atoms in total. The van der Waals surface area contributed by atoms with Gasteiger partial charge in [-0.1, -0.05) is 12.1 Å². The zero-order valence-electron chi connectivity index (χ0n) is 12.7. The molecule has 0 bridgehead atoms. The Labute approximate surface area is 134 Å². The van der Waals surface area contributed by atoms with Crippen LogP contribution in [-0.2, 0) is 14.8 Å². The standard InChI is InChI=1S/C16H17NO5S/c1-11-3-4-12(2)15(9-11)17-23(20,21)14-7-5-13(6-8-14)22-10-16(18)19/h3-9,17H,10H2,1-2H3,(H,18,19)/p-1. The predicted molar refractivity (Wildman–Crippen MR) is 83.7 cm³/mol. The second-order valence-corrected chi connectivity index (χ2v) is 6.74. The fourth-order valence-corrected chi connectivity index (χ4v) is 3.03. The van der Waals surface area contributed by atoms with Crippen molar-refractivity contribution < 1.29 is 23.1 Å². The number of aliphatic carboxylic acids is 1. The van der Waals surface area contributed by atoms with Crippen LogP contribution < -0.4 is 14.6 Å². The number of sulfonamides is 1. The van der Waals surface area contributed by atoms with Crippen molar-refractivity contribution in [3.05, 3.63) is 53.6 Å². The number of rotatable bonds is 6. The van der Waals surface area contributed by atoms with E-state index in [0.29, 0.717) is 5.69 Å². The van der Waals surface area contributed by atoms with Crippen molar-refractivity contribution in [3.63, 3.8) is 0 Å². The molecule has 23 heavy (non-hydrogen) atoms. The lowest BCUT2D eigenvalue weighted by molar-refractivity contribution is -0.307. The molecule has 2 rings (SSSR count). The molecule has 0 atom stereocenters. The van der Waals surface area contributed by atoms with Gasteiger partial charge < -0.3 is 14.6 Å². The molecule has 0 unspecified atom stereocenters. The van der Waals surface area contributed by atoms with E-state index < -0.39 is 22.6 Å². The number of anilines is 1. The monoisotopic (exact) mass is 334 g/mol. The smallest absolute Gasteiger partial charge is 0.261 e. The van der Waals surface area contributed by atoms with Crippen molar-refractivity contribution in [1.29, 1.82) is 0 Å². The number of hydrogen-bond acceptors (Lipinski definition) is 5. The first-order valence-electron chi connectivity index (χ1n) is 6.81. The maximum atomic E-state index is 12.4. The van der Waals surface area contributed by atoms with Crippen LogP contribution in [0.4, 0.5) is 5.69 Å². The Morgan fingerprint density at radius 3 is 2.39 bits per heavy atom. The molecule has 0 radical (unpaired) electrons. The normalized spacial score (nSPS) is 11.0. The van der Waals surface area contributed by atoms with Gasteiger partial charge in [0, 0.05) is 0 Å². The molecule has 0 saturated heterocycles. The van der Waals surface area contributed by atoms with Crippen LogP contribution >= 0.6 is 0 Å². The minimum absolute atomic E-state index is 0.0548. The van der Waals surface area contributed by atoms with Gasteiger partial charge in [-0.15, -0.1) is 0 Å². The lowest BCUT2D eigenvalue weighted by Crippen LogP contribution is -2.28. The summed E-state index contributed by atoms with van der Waals surface area (Å²) in [6.07, 6.45) is 0. The second kappa shape index (κ2) is 6.70. The predicted octanol–water partition coefficient (Wildman–Crippen LogP) is 1.23. The number of benzene rings is 2. The molecule has 0 fully saturated rings. The van der Waals surface area contributed by atoms with Crippen molar-refractivity contribution in [2.24, 2.45) is 0 Å². The summed E-state index contributed by atoms with van der Waals surface area (Å²) in [6, 6.07) is 11.0. The van der Waals surface area contributed by atoms with E-state index in [1.54, 1.807) is 6.07 Å². The Kier molecular flexibility index (Phi) is 4.90. The van der Waals surface area contributed by atoms with Gasteiger partial charge in [-0.3, -0.25) is 4.72 Å². The van der Waals surface area contributed by atoms with Gasteiger partial charge in [-0.2, -0.15) is 0 Å². The first kappa shape index (κ1) is 16.8. The van der Waals surface area contributed by atoms with Gasteiger partial charge in [-0.05, 0) is 55.3 Å². The topological polar surface area (TPSA) is 95.5 Å². The largest absolute Gasteiger partial charge is 0.546 e. The zero-order valence-corrected chi connectivity index (χ0v) is 13.5. The molecule has 7 heteroatoms. The van der Waals surface area contributed by atoms with E-state index in [9.17, 15) is 18.3 Å². The highest BCUT2D eigenvalue weighted by Gasteiger charge is 2.15. The first-order chi connectivity index (χ1) is 10.8. The summed E-state index contributed by atoms with van der Waals surface area (Å²) < 4.78 is 32.2. The number of hydrogen-bond donors (Lipinski definition) is 1. The van der Waals surface area contributed by atoms with Crippen LogP contribution in [0.3, 0.4) is 0 Å². The molecule has 0 aromatic heterocycles. The number of carbonyl (C=O) groups excluding carboxylic acids is 1. The van der Waals surface area contributed by atoms with Gasteiger partial charge in [0.1, 0.15) is 12.4 Å². The number of aryl methyl sites for hydroxylation is 2. The summed E-state index contributed by atoms with van der Waals surface area (Å²) in [4.78, 5) is 10.4. The number of nitrogens with one attached hydrogen (secondary N) is 1. The number of carboxylic acid groups (broad SMARTS) is 1. The van der Waals surface area contributed by atoms with Crippen LogP contribution in [0.2, 0.25) is 0 Å². The fourth-order valence-electron chi connectivity index (χ4n) is 1.91. The molecule has 0 aliphatic carbocycles. The van der Waals surface area contributed by atoms with E-state index in [1.165, 1.54) is 24.3 Å². The first-order valence-corrected chi connectivity index (χ1v) is 8.29. The third-order valence-electron chi connectivity index (χ3n) is 3.13. The average molecular weight is 334 g/mol. The summed E-state index contributed by atoms with van der Waals surface area (Å²) in [6.45, 7) is 3.10. The summed E-state index contributed by atoms with van der Waals surface area (Å²) in [5.74, 6) is -1.10. The quantitative estimate of drug-likeness (QED) is 0.857. The maximum absolute atomic E-state index is 12.4. The van der Waals surface area contributed by atoms with Gasteiger partial charge >= 0.3 is 0 Å². The molecule has 2 aromatic rings. The van der Waals surface area contributed by atoms with E-state index in [1.807, 2.05) is 26.0 Å².